The van der Waals surface area contributed by atoms with Crippen molar-refractivity contribution in [3.8, 4) is 0 Å². The minimum atomic E-state index is -0.858. The Bertz CT molecular complexity index is 196. The summed E-state index contributed by atoms with van der Waals surface area (Å²) in [6, 6.07) is 0. The van der Waals surface area contributed by atoms with Gasteiger partial charge < -0.3 is 14.6 Å². The maximum atomic E-state index is 10.8. The third-order valence-corrected chi connectivity index (χ3v) is 2.69. The first kappa shape index (κ1) is 11.2. The zero-order chi connectivity index (χ0) is 10.4. The second-order valence-corrected chi connectivity index (χ2v) is 3.73. The molecule has 0 aliphatic carbocycles. The standard InChI is InChI=1S/C10H16O4/c11-4-1-9(10(12)13)7-8-2-5-14-6-3-8/h4,8-9H,1-3,5-7H2,(H,12,13). The van der Waals surface area contributed by atoms with Crippen LogP contribution in [0.2, 0.25) is 0 Å². The van der Waals surface area contributed by atoms with Gasteiger partial charge in [0, 0.05) is 19.6 Å². The summed E-state index contributed by atoms with van der Waals surface area (Å²) in [7, 11) is 0. The summed E-state index contributed by atoms with van der Waals surface area (Å²) >= 11 is 0. The first-order valence-electron chi connectivity index (χ1n) is 4.98. The van der Waals surface area contributed by atoms with E-state index < -0.39 is 11.9 Å². The lowest BCUT2D eigenvalue weighted by molar-refractivity contribution is -0.143. The molecule has 1 fully saturated rings. The Morgan fingerprint density at radius 1 is 1.50 bits per heavy atom. The number of carboxylic acids is 1. The number of ether oxygens (including phenoxy) is 1. The Morgan fingerprint density at radius 3 is 2.64 bits per heavy atom. The van der Waals surface area contributed by atoms with Crippen LogP contribution in [-0.4, -0.2) is 30.6 Å². The predicted molar refractivity (Wildman–Crippen MR) is 50.0 cm³/mol. The number of carbonyl (C=O) groups excluding carboxylic acids is 1. The van der Waals surface area contributed by atoms with E-state index in [0.29, 0.717) is 18.6 Å². The third kappa shape index (κ3) is 3.46. The van der Waals surface area contributed by atoms with Gasteiger partial charge in [-0.3, -0.25) is 4.79 Å². The highest BCUT2D eigenvalue weighted by atomic mass is 16.5. The zero-order valence-corrected chi connectivity index (χ0v) is 8.15. The quantitative estimate of drug-likeness (QED) is 0.675. The van der Waals surface area contributed by atoms with Crippen molar-refractivity contribution in [1.82, 2.24) is 0 Å². The minimum absolute atomic E-state index is 0.132. The van der Waals surface area contributed by atoms with Crippen molar-refractivity contribution in [2.45, 2.75) is 25.7 Å². The summed E-state index contributed by atoms with van der Waals surface area (Å²) in [5.74, 6) is -0.955. The lowest BCUT2D eigenvalue weighted by Crippen LogP contribution is -2.23. The van der Waals surface area contributed by atoms with Crippen molar-refractivity contribution in [3.63, 3.8) is 0 Å². The molecule has 0 radical (unpaired) electrons. The molecular weight excluding hydrogens is 184 g/mol. The van der Waals surface area contributed by atoms with Gasteiger partial charge in [0.1, 0.15) is 6.29 Å². The SMILES string of the molecule is O=CCC(CC1CCOCC1)C(=O)O. The summed E-state index contributed by atoms with van der Waals surface area (Å²) in [5.41, 5.74) is 0. The first-order chi connectivity index (χ1) is 6.74. The van der Waals surface area contributed by atoms with Gasteiger partial charge in [-0.15, -0.1) is 0 Å². The molecule has 1 N–H and O–H groups in total. The van der Waals surface area contributed by atoms with Gasteiger partial charge in [-0.2, -0.15) is 0 Å². The van der Waals surface area contributed by atoms with Gasteiger partial charge in [0.15, 0.2) is 0 Å². The third-order valence-electron chi connectivity index (χ3n) is 2.69. The zero-order valence-electron chi connectivity index (χ0n) is 8.15. The van der Waals surface area contributed by atoms with Crippen LogP contribution in [0, 0.1) is 11.8 Å². The van der Waals surface area contributed by atoms with Gasteiger partial charge in [-0.1, -0.05) is 0 Å². The summed E-state index contributed by atoms with van der Waals surface area (Å²) in [4.78, 5) is 21.0. The molecule has 0 spiro atoms. The summed E-state index contributed by atoms with van der Waals surface area (Å²) in [6.45, 7) is 1.44. The van der Waals surface area contributed by atoms with Gasteiger partial charge in [-0.05, 0) is 25.2 Å². The maximum Gasteiger partial charge on any atom is 0.306 e. The average molecular weight is 200 g/mol. The highest BCUT2D eigenvalue weighted by Gasteiger charge is 2.23. The number of hydrogen-bond acceptors (Lipinski definition) is 3. The molecule has 1 unspecified atom stereocenters. The van der Waals surface area contributed by atoms with Crippen LogP contribution in [0.15, 0.2) is 0 Å². The molecule has 14 heavy (non-hydrogen) atoms. The Kier molecular flexibility index (Phi) is 4.59. The smallest absolute Gasteiger partial charge is 0.306 e. The number of hydrogen-bond donors (Lipinski definition) is 1. The van der Waals surface area contributed by atoms with Crippen LogP contribution in [0.5, 0.6) is 0 Å². The highest BCUT2D eigenvalue weighted by Crippen LogP contribution is 2.24. The number of aldehydes is 1. The Labute approximate surface area is 83.2 Å². The molecule has 1 heterocycles. The van der Waals surface area contributed by atoms with Crippen LogP contribution in [0.1, 0.15) is 25.7 Å². The number of carboxylic acid groups (broad SMARTS) is 1. The predicted octanol–water partition coefficient (Wildman–Crippen LogP) is 1.09. The van der Waals surface area contributed by atoms with Crippen LogP contribution in [0.4, 0.5) is 0 Å². The van der Waals surface area contributed by atoms with E-state index >= 15 is 0 Å². The number of aliphatic carboxylic acids is 1. The van der Waals surface area contributed by atoms with E-state index in [0.717, 1.165) is 26.1 Å². The van der Waals surface area contributed by atoms with Gasteiger partial charge in [-0.25, -0.2) is 0 Å². The molecule has 0 saturated carbocycles. The van der Waals surface area contributed by atoms with E-state index in [-0.39, 0.29) is 6.42 Å². The topological polar surface area (TPSA) is 63.6 Å². The molecular formula is C10H16O4. The first-order valence-corrected chi connectivity index (χ1v) is 4.98. The van der Waals surface area contributed by atoms with Crippen LogP contribution in [0.3, 0.4) is 0 Å². The average Bonchev–Trinajstić information content (AvgIpc) is 2.18. The Morgan fingerprint density at radius 2 is 2.14 bits per heavy atom. The summed E-state index contributed by atoms with van der Waals surface area (Å²) < 4.78 is 5.18. The van der Waals surface area contributed by atoms with Gasteiger partial charge >= 0.3 is 5.97 Å². The minimum Gasteiger partial charge on any atom is -0.481 e. The molecule has 1 aliphatic heterocycles. The molecule has 1 atom stereocenters. The number of carbonyl (C=O) groups is 2. The summed E-state index contributed by atoms with van der Waals surface area (Å²) in [5, 5.41) is 8.84. The fourth-order valence-electron chi connectivity index (χ4n) is 1.80. The largest absolute Gasteiger partial charge is 0.481 e. The highest BCUT2D eigenvalue weighted by molar-refractivity contribution is 5.73. The van der Waals surface area contributed by atoms with Crippen molar-refractivity contribution in [3.05, 3.63) is 0 Å². The second kappa shape index (κ2) is 5.75. The molecule has 4 heteroatoms. The van der Waals surface area contributed by atoms with Crippen LogP contribution in [0.25, 0.3) is 0 Å². The van der Waals surface area contributed by atoms with E-state index in [4.69, 9.17) is 9.84 Å². The maximum absolute atomic E-state index is 10.8. The van der Waals surface area contributed by atoms with E-state index in [2.05, 4.69) is 0 Å². The van der Waals surface area contributed by atoms with Crippen molar-refractivity contribution >= 4 is 12.3 Å². The van der Waals surface area contributed by atoms with Crippen molar-refractivity contribution in [1.29, 1.82) is 0 Å². The number of rotatable bonds is 5. The Balaban J connectivity index is 2.36. The monoisotopic (exact) mass is 200 g/mol. The molecule has 80 valence electrons. The molecule has 0 bridgehead atoms. The molecule has 1 rings (SSSR count). The Hall–Kier alpha value is -0.900. The lowest BCUT2D eigenvalue weighted by atomic mass is 9.87. The fraction of sp³-hybridized carbons (Fsp3) is 0.800. The van der Waals surface area contributed by atoms with Crippen LogP contribution < -0.4 is 0 Å². The van der Waals surface area contributed by atoms with Crippen molar-refractivity contribution in [2.24, 2.45) is 11.8 Å². The fourth-order valence-corrected chi connectivity index (χ4v) is 1.80. The van der Waals surface area contributed by atoms with Crippen LogP contribution >= 0.6 is 0 Å². The van der Waals surface area contributed by atoms with Gasteiger partial charge in [0.2, 0.25) is 0 Å². The van der Waals surface area contributed by atoms with E-state index in [1.54, 1.807) is 0 Å². The van der Waals surface area contributed by atoms with E-state index in [1.807, 2.05) is 0 Å². The van der Waals surface area contributed by atoms with Crippen LogP contribution in [-0.2, 0) is 14.3 Å². The molecule has 0 aromatic heterocycles. The van der Waals surface area contributed by atoms with Crippen molar-refractivity contribution < 1.29 is 19.4 Å². The molecule has 0 aromatic carbocycles. The van der Waals surface area contributed by atoms with Crippen molar-refractivity contribution in [2.75, 3.05) is 13.2 Å². The molecule has 0 aromatic rings. The van der Waals surface area contributed by atoms with Gasteiger partial charge in [0.25, 0.3) is 0 Å². The molecule has 1 saturated heterocycles. The normalized spacial score (nSPS) is 20.3. The molecule has 4 nitrogen and oxygen atoms in total. The lowest BCUT2D eigenvalue weighted by Gasteiger charge is -2.23. The van der Waals surface area contributed by atoms with E-state index in [1.165, 1.54) is 0 Å². The second-order valence-electron chi connectivity index (χ2n) is 3.73. The van der Waals surface area contributed by atoms with Gasteiger partial charge in [0.05, 0.1) is 5.92 Å². The molecule has 1 aliphatic rings. The summed E-state index contributed by atoms with van der Waals surface area (Å²) in [6.07, 6.45) is 3.27. The molecule has 0 amide bonds. The van der Waals surface area contributed by atoms with E-state index in [9.17, 15) is 9.59 Å².